The van der Waals surface area contributed by atoms with Crippen molar-refractivity contribution in [3.63, 3.8) is 0 Å². The van der Waals surface area contributed by atoms with Crippen molar-refractivity contribution in [3.05, 3.63) is 17.7 Å². The molecule has 0 aliphatic rings. The van der Waals surface area contributed by atoms with Crippen LogP contribution in [0.4, 0.5) is 5.82 Å². The van der Waals surface area contributed by atoms with E-state index in [0.29, 0.717) is 0 Å². The summed E-state index contributed by atoms with van der Waals surface area (Å²) in [6.07, 6.45) is 1.13. The molecule has 1 atom stereocenters. The third kappa shape index (κ3) is 2.46. The van der Waals surface area contributed by atoms with Crippen LogP contribution in [-0.2, 0) is 0 Å². The standard InChI is InChI=1S/C9H15N2P/c1-3-6-10-9-7(2)4-5-8(12)11-9/h4-5H,3,6,12H2,1-2H3,(H,10,11). The van der Waals surface area contributed by atoms with Crippen molar-refractivity contribution in [2.45, 2.75) is 20.3 Å². The van der Waals surface area contributed by atoms with Gasteiger partial charge in [0.15, 0.2) is 0 Å². The van der Waals surface area contributed by atoms with E-state index in [9.17, 15) is 0 Å². The molecule has 2 nitrogen and oxygen atoms in total. The van der Waals surface area contributed by atoms with Gasteiger partial charge in [0.1, 0.15) is 5.82 Å². The number of anilines is 1. The molecule has 0 aliphatic carbocycles. The molecule has 0 saturated carbocycles. The number of hydrogen-bond acceptors (Lipinski definition) is 2. The summed E-state index contributed by atoms with van der Waals surface area (Å²) >= 11 is 0. The van der Waals surface area contributed by atoms with E-state index in [-0.39, 0.29) is 0 Å². The molecule has 1 N–H and O–H groups in total. The molecule has 1 heterocycles. The Kier molecular flexibility index (Phi) is 3.48. The fourth-order valence-electron chi connectivity index (χ4n) is 0.966. The maximum atomic E-state index is 4.36. The SMILES string of the molecule is CCCNc1nc(P)ccc1C. The zero-order chi connectivity index (χ0) is 8.97. The minimum atomic E-state index is 0.985. The van der Waals surface area contributed by atoms with E-state index < -0.39 is 0 Å². The maximum Gasteiger partial charge on any atom is 0.129 e. The molecule has 0 bridgehead atoms. The molecule has 66 valence electrons. The lowest BCUT2D eigenvalue weighted by molar-refractivity contribution is 0.967. The molecule has 0 radical (unpaired) electrons. The topological polar surface area (TPSA) is 24.9 Å². The largest absolute Gasteiger partial charge is 0.370 e. The van der Waals surface area contributed by atoms with Gasteiger partial charge in [0.05, 0.1) is 5.44 Å². The van der Waals surface area contributed by atoms with Gasteiger partial charge in [-0.2, -0.15) is 0 Å². The van der Waals surface area contributed by atoms with Crippen molar-refractivity contribution in [1.29, 1.82) is 0 Å². The molecule has 0 aromatic carbocycles. The summed E-state index contributed by atoms with van der Waals surface area (Å²) in [6.45, 7) is 5.20. The van der Waals surface area contributed by atoms with E-state index in [0.717, 1.165) is 24.2 Å². The van der Waals surface area contributed by atoms with Crippen molar-refractivity contribution < 1.29 is 0 Å². The number of nitrogens with zero attached hydrogens (tertiary/aromatic N) is 1. The van der Waals surface area contributed by atoms with Gasteiger partial charge in [-0.05, 0) is 25.0 Å². The van der Waals surface area contributed by atoms with Gasteiger partial charge in [0, 0.05) is 6.54 Å². The summed E-state index contributed by atoms with van der Waals surface area (Å²) in [7, 11) is 2.60. The number of aromatic nitrogens is 1. The van der Waals surface area contributed by atoms with Crippen LogP contribution in [0.15, 0.2) is 12.1 Å². The van der Waals surface area contributed by atoms with Crippen LogP contribution in [0, 0.1) is 6.92 Å². The predicted octanol–water partition coefficient (Wildman–Crippen LogP) is 1.71. The molecule has 0 fully saturated rings. The lowest BCUT2D eigenvalue weighted by Crippen LogP contribution is -2.08. The highest BCUT2D eigenvalue weighted by atomic mass is 31.0. The summed E-state index contributed by atoms with van der Waals surface area (Å²) in [5.74, 6) is 1.00. The molecular weight excluding hydrogens is 167 g/mol. The van der Waals surface area contributed by atoms with E-state index in [1.807, 2.05) is 6.07 Å². The molecule has 0 aliphatic heterocycles. The molecule has 1 aromatic heterocycles. The van der Waals surface area contributed by atoms with Crippen molar-refractivity contribution in [2.75, 3.05) is 11.9 Å². The maximum absolute atomic E-state index is 4.36. The second-order valence-electron chi connectivity index (χ2n) is 2.83. The second-order valence-corrected chi connectivity index (χ2v) is 3.42. The van der Waals surface area contributed by atoms with Crippen molar-refractivity contribution in [3.8, 4) is 0 Å². The molecule has 1 unspecified atom stereocenters. The first kappa shape index (κ1) is 9.47. The summed E-state index contributed by atoms with van der Waals surface area (Å²) in [4.78, 5) is 4.36. The summed E-state index contributed by atoms with van der Waals surface area (Å²) in [6, 6.07) is 4.07. The van der Waals surface area contributed by atoms with Crippen LogP contribution in [0.2, 0.25) is 0 Å². The van der Waals surface area contributed by atoms with Gasteiger partial charge in [-0.15, -0.1) is 0 Å². The summed E-state index contributed by atoms with van der Waals surface area (Å²) in [5, 5.41) is 3.28. The Bertz CT molecular complexity index is 261. The summed E-state index contributed by atoms with van der Waals surface area (Å²) in [5.41, 5.74) is 2.19. The van der Waals surface area contributed by atoms with Crippen molar-refractivity contribution in [2.24, 2.45) is 0 Å². The third-order valence-electron chi connectivity index (χ3n) is 1.66. The lowest BCUT2D eigenvalue weighted by atomic mass is 10.3. The number of hydrogen-bond donors (Lipinski definition) is 1. The highest BCUT2D eigenvalue weighted by molar-refractivity contribution is 7.26. The van der Waals surface area contributed by atoms with E-state index in [4.69, 9.17) is 0 Å². The normalized spacial score (nSPS) is 9.92. The molecule has 0 amide bonds. The molecule has 0 spiro atoms. The van der Waals surface area contributed by atoms with Gasteiger partial charge in [-0.1, -0.05) is 22.2 Å². The Labute approximate surface area is 76.0 Å². The lowest BCUT2D eigenvalue weighted by Gasteiger charge is -2.07. The van der Waals surface area contributed by atoms with Gasteiger partial charge in [-0.25, -0.2) is 4.98 Å². The summed E-state index contributed by atoms with van der Waals surface area (Å²) < 4.78 is 0. The first-order valence-electron chi connectivity index (χ1n) is 4.21. The van der Waals surface area contributed by atoms with Crippen LogP contribution >= 0.6 is 9.24 Å². The Morgan fingerprint density at radius 3 is 2.92 bits per heavy atom. The highest BCUT2D eigenvalue weighted by Gasteiger charge is 1.97. The van der Waals surface area contributed by atoms with Gasteiger partial charge < -0.3 is 5.32 Å². The van der Waals surface area contributed by atoms with Crippen LogP contribution in [-0.4, -0.2) is 11.5 Å². The van der Waals surface area contributed by atoms with Crippen LogP contribution in [0.3, 0.4) is 0 Å². The molecule has 12 heavy (non-hydrogen) atoms. The van der Waals surface area contributed by atoms with Crippen LogP contribution in [0.25, 0.3) is 0 Å². The third-order valence-corrected chi connectivity index (χ3v) is 1.98. The fraction of sp³-hybridized carbons (Fsp3) is 0.444. The highest BCUT2D eigenvalue weighted by Crippen LogP contribution is 2.08. The molecule has 1 rings (SSSR count). The first-order valence-corrected chi connectivity index (χ1v) is 4.78. The number of pyridine rings is 1. The average molecular weight is 182 g/mol. The van der Waals surface area contributed by atoms with E-state index in [2.05, 4.69) is 39.5 Å². The molecule has 0 saturated heterocycles. The number of nitrogens with one attached hydrogen (secondary N) is 1. The van der Waals surface area contributed by atoms with E-state index in [1.54, 1.807) is 0 Å². The smallest absolute Gasteiger partial charge is 0.129 e. The fourth-order valence-corrected chi connectivity index (χ4v) is 1.19. The van der Waals surface area contributed by atoms with Crippen LogP contribution in [0.5, 0.6) is 0 Å². The Hall–Kier alpha value is -0.620. The molecule has 1 aromatic rings. The van der Waals surface area contributed by atoms with Crippen LogP contribution in [0.1, 0.15) is 18.9 Å². The zero-order valence-electron chi connectivity index (χ0n) is 7.59. The Balaban J connectivity index is 2.75. The quantitative estimate of drug-likeness (QED) is 0.720. The predicted molar refractivity (Wildman–Crippen MR) is 57.1 cm³/mol. The Morgan fingerprint density at radius 2 is 2.25 bits per heavy atom. The monoisotopic (exact) mass is 182 g/mol. The van der Waals surface area contributed by atoms with Gasteiger partial charge >= 0.3 is 0 Å². The van der Waals surface area contributed by atoms with Crippen LogP contribution < -0.4 is 10.8 Å². The van der Waals surface area contributed by atoms with Gasteiger partial charge in [0.25, 0.3) is 0 Å². The second kappa shape index (κ2) is 4.42. The molecular formula is C9H15N2P. The van der Waals surface area contributed by atoms with Crippen molar-refractivity contribution >= 4 is 20.5 Å². The van der Waals surface area contributed by atoms with Gasteiger partial charge in [-0.3, -0.25) is 0 Å². The van der Waals surface area contributed by atoms with Gasteiger partial charge in [0.2, 0.25) is 0 Å². The minimum absolute atomic E-state index is 0.985. The molecule has 3 heteroatoms. The number of rotatable bonds is 3. The van der Waals surface area contributed by atoms with Crippen molar-refractivity contribution in [1.82, 2.24) is 4.98 Å². The average Bonchev–Trinajstić information content (AvgIpc) is 2.07. The Morgan fingerprint density at radius 1 is 1.50 bits per heavy atom. The first-order chi connectivity index (χ1) is 5.74. The zero-order valence-corrected chi connectivity index (χ0v) is 8.75. The minimum Gasteiger partial charge on any atom is -0.370 e. The van der Waals surface area contributed by atoms with E-state index in [1.165, 1.54) is 5.56 Å². The number of aryl methyl sites for hydroxylation is 1. The van der Waals surface area contributed by atoms with E-state index >= 15 is 0 Å².